The number of hydrogen-bond acceptors (Lipinski definition) is 4. The smallest absolute Gasteiger partial charge is 0.317 e. The SMILES string of the molecule is CCC(NC(=O)N1CCC2(CCO2)CC1)c1nc(C)c(C)s1. The van der Waals surface area contributed by atoms with Gasteiger partial charge in [0.1, 0.15) is 5.01 Å². The Balaban J connectivity index is 1.58. The van der Waals surface area contributed by atoms with Crippen LogP contribution in [0.5, 0.6) is 0 Å². The fourth-order valence-electron chi connectivity index (χ4n) is 3.13. The van der Waals surface area contributed by atoms with Gasteiger partial charge in [-0.05, 0) is 39.5 Å². The summed E-state index contributed by atoms with van der Waals surface area (Å²) >= 11 is 1.68. The Labute approximate surface area is 136 Å². The van der Waals surface area contributed by atoms with Crippen LogP contribution in [0.1, 0.15) is 54.2 Å². The van der Waals surface area contributed by atoms with Crippen molar-refractivity contribution in [2.45, 2.75) is 58.1 Å². The van der Waals surface area contributed by atoms with Gasteiger partial charge < -0.3 is 15.0 Å². The maximum Gasteiger partial charge on any atom is 0.317 e. The van der Waals surface area contributed by atoms with E-state index in [1.165, 1.54) is 4.88 Å². The first-order chi connectivity index (χ1) is 10.5. The topological polar surface area (TPSA) is 54.5 Å². The van der Waals surface area contributed by atoms with E-state index in [9.17, 15) is 4.79 Å². The molecule has 1 atom stereocenters. The summed E-state index contributed by atoms with van der Waals surface area (Å²) in [6.07, 6.45) is 3.94. The summed E-state index contributed by atoms with van der Waals surface area (Å²) in [5, 5.41) is 4.17. The molecule has 3 rings (SSSR count). The highest BCUT2D eigenvalue weighted by atomic mass is 32.1. The first-order valence-corrected chi connectivity index (χ1v) is 8.98. The van der Waals surface area contributed by atoms with Gasteiger partial charge in [-0.2, -0.15) is 0 Å². The minimum Gasteiger partial charge on any atom is -0.375 e. The average Bonchev–Trinajstić information content (AvgIpc) is 2.82. The fourth-order valence-corrected chi connectivity index (χ4v) is 4.19. The highest BCUT2D eigenvalue weighted by molar-refractivity contribution is 7.11. The van der Waals surface area contributed by atoms with Crippen molar-refractivity contribution in [1.29, 1.82) is 0 Å². The van der Waals surface area contributed by atoms with Crippen LogP contribution in [0.3, 0.4) is 0 Å². The molecule has 0 saturated carbocycles. The predicted molar refractivity (Wildman–Crippen MR) is 87.3 cm³/mol. The summed E-state index contributed by atoms with van der Waals surface area (Å²) in [4.78, 5) is 20.2. The molecule has 1 N–H and O–H groups in total. The lowest BCUT2D eigenvalue weighted by molar-refractivity contribution is -0.169. The highest BCUT2D eigenvalue weighted by Crippen LogP contribution is 2.36. The number of urea groups is 1. The van der Waals surface area contributed by atoms with Crippen LogP contribution in [0.2, 0.25) is 0 Å². The summed E-state index contributed by atoms with van der Waals surface area (Å²) in [7, 11) is 0. The Kier molecular flexibility index (Phi) is 4.41. The number of likely N-dealkylation sites (tertiary alicyclic amines) is 1. The van der Waals surface area contributed by atoms with E-state index in [0.29, 0.717) is 0 Å². The van der Waals surface area contributed by atoms with Gasteiger partial charge in [-0.15, -0.1) is 11.3 Å². The number of ether oxygens (including phenoxy) is 1. The summed E-state index contributed by atoms with van der Waals surface area (Å²) in [5.74, 6) is 0. The Hall–Kier alpha value is -1.14. The molecule has 1 unspecified atom stereocenters. The van der Waals surface area contributed by atoms with Crippen LogP contribution in [0.15, 0.2) is 0 Å². The van der Waals surface area contributed by atoms with E-state index in [1.54, 1.807) is 11.3 Å². The summed E-state index contributed by atoms with van der Waals surface area (Å²) in [6, 6.07) is 0.0484. The second-order valence-electron chi connectivity index (χ2n) is 6.37. The van der Waals surface area contributed by atoms with E-state index in [0.717, 1.165) is 56.1 Å². The zero-order valence-electron chi connectivity index (χ0n) is 13.6. The van der Waals surface area contributed by atoms with Crippen molar-refractivity contribution in [3.05, 3.63) is 15.6 Å². The standard InChI is InChI=1S/C16H25N3O2S/c1-4-13(14-17-11(2)12(3)22-14)18-15(20)19-8-5-16(6-9-19)7-10-21-16/h13H,4-10H2,1-3H3,(H,18,20). The maximum absolute atomic E-state index is 12.5. The fraction of sp³-hybridized carbons (Fsp3) is 0.750. The summed E-state index contributed by atoms with van der Waals surface area (Å²) in [6.45, 7) is 8.65. The van der Waals surface area contributed by atoms with Crippen LogP contribution in [-0.4, -0.2) is 41.2 Å². The second kappa shape index (κ2) is 6.16. The molecule has 2 saturated heterocycles. The Morgan fingerprint density at radius 3 is 2.55 bits per heavy atom. The van der Waals surface area contributed by atoms with Gasteiger partial charge >= 0.3 is 6.03 Å². The number of amides is 2. The van der Waals surface area contributed by atoms with Gasteiger partial charge in [0.2, 0.25) is 0 Å². The number of rotatable bonds is 3. The minimum absolute atomic E-state index is 0.0146. The lowest BCUT2D eigenvalue weighted by atomic mass is 9.84. The number of nitrogens with zero attached hydrogens (tertiary/aromatic N) is 2. The number of aromatic nitrogens is 1. The number of aryl methyl sites for hydroxylation is 2. The van der Waals surface area contributed by atoms with Crippen molar-refractivity contribution in [2.75, 3.05) is 19.7 Å². The van der Waals surface area contributed by atoms with Crippen LogP contribution < -0.4 is 5.32 Å². The third-order valence-electron chi connectivity index (χ3n) is 4.98. The molecule has 3 heterocycles. The van der Waals surface area contributed by atoms with E-state index < -0.39 is 0 Å². The van der Waals surface area contributed by atoms with E-state index in [4.69, 9.17) is 4.74 Å². The lowest BCUT2D eigenvalue weighted by Gasteiger charge is -2.47. The first kappa shape index (κ1) is 15.7. The van der Waals surface area contributed by atoms with E-state index in [1.807, 2.05) is 11.8 Å². The van der Waals surface area contributed by atoms with Crippen LogP contribution >= 0.6 is 11.3 Å². The molecule has 1 aromatic rings. The van der Waals surface area contributed by atoms with Crippen molar-refractivity contribution >= 4 is 17.4 Å². The van der Waals surface area contributed by atoms with Crippen molar-refractivity contribution in [1.82, 2.24) is 15.2 Å². The van der Waals surface area contributed by atoms with E-state index in [2.05, 4.69) is 24.1 Å². The summed E-state index contributed by atoms with van der Waals surface area (Å²) < 4.78 is 5.71. The normalized spacial score (nSPS) is 21.5. The molecule has 1 aromatic heterocycles. The molecule has 0 aliphatic carbocycles. The van der Waals surface area contributed by atoms with E-state index in [-0.39, 0.29) is 17.7 Å². The second-order valence-corrected chi connectivity index (χ2v) is 7.61. The van der Waals surface area contributed by atoms with Crippen molar-refractivity contribution in [3.8, 4) is 0 Å². The molecular weight excluding hydrogens is 298 g/mol. The highest BCUT2D eigenvalue weighted by Gasteiger charge is 2.42. The number of hydrogen-bond donors (Lipinski definition) is 1. The van der Waals surface area contributed by atoms with Gasteiger partial charge in [-0.1, -0.05) is 6.92 Å². The van der Waals surface area contributed by atoms with Crippen LogP contribution in [-0.2, 0) is 4.74 Å². The minimum atomic E-state index is 0.0146. The first-order valence-electron chi connectivity index (χ1n) is 8.16. The number of nitrogens with one attached hydrogen (secondary N) is 1. The van der Waals surface area contributed by atoms with Crippen LogP contribution in [0, 0.1) is 13.8 Å². The average molecular weight is 323 g/mol. The zero-order chi connectivity index (χ0) is 15.7. The molecule has 0 radical (unpaired) electrons. The molecule has 2 aliphatic rings. The van der Waals surface area contributed by atoms with Gasteiger partial charge in [0, 0.05) is 18.0 Å². The van der Waals surface area contributed by atoms with Crippen molar-refractivity contribution in [3.63, 3.8) is 0 Å². The molecule has 22 heavy (non-hydrogen) atoms. The van der Waals surface area contributed by atoms with Gasteiger partial charge in [-0.3, -0.25) is 0 Å². The quantitative estimate of drug-likeness (QED) is 0.929. The van der Waals surface area contributed by atoms with Crippen molar-refractivity contribution in [2.24, 2.45) is 0 Å². The van der Waals surface area contributed by atoms with Crippen LogP contribution in [0.25, 0.3) is 0 Å². The Morgan fingerprint density at radius 1 is 1.41 bits per heavy atom. The number of piperidine rings is 1. The van der Waals surface area contributed by atoms with E-state index >= 15 is 0 Å². The Bertz CT molecular complexity index is 524. The molecule has 6 heteroatoms. The van der Waals surface area contributed by atoms with Crippen molar-refractivity contribution < 1.29 is 9.53 Å². The van der Waals surface area contributed by atoms with Gasteiger partial charge in [0.25, 0.3) is 0 Å². The monoisotopic (exact) mass is 323 g/mol. The molecule has 0 aromatic carbocycles. The zero-order valence-corrected chi connectivity index (χ0v) is 14.5. The molecule has 1 spiro atoms. The Morgan fingerprint density at radius 2 is 2.09 bits per heavy atom. The van der Waals surface area contributed by atoms with Gasteiger partial charge in [0.05, 0.1) is 23.9 Å². The largest absolute Gasteiger partial charge is 0.375 e. The van der Waals surface area contributed by atoms with Gasteiger partial charge in [-0.25, -0.2) is 9.78 Å². The number of thiazole rings is 1. The lowest BCUT2D eigenvalue weighted by Crippen LogP contribution is -2.55. The molecule has 2 aliphatic heterocycles. The molecule has 0 bridgehead atoms. The van der Waals surface area contributed by atoms with Crippen LogP contribution in [0.4, 0.5) is 4.79 Å². The predicted octanol–water partition coefficient (Wildman–Crippen LogP) is 3.18. The number of carbonyl (C=O) groups is 1. The maximum atomic E-state index is 12.5. The molecule has 122 valence electrons. The number of carbonyl (C=O) groups excluding carboxylic acids is 1. The molecule has 2 amide bonds. The molecule has 5 nitrogen and oxygen atoms in total. The third kappa shape index (κ3) is 2.99. The van der Waals surface area contributed by atoms with Gasteiger partial charge in [0.15, 0.2) is 0 Å². The molecular formula is C16H25N3O2S. The third-order valence-corrected chi connectivity index (χ3v) is 6.16. The summed E-state index contributed by atoms with van der Waals surface area (Å²) in [5.41, 5.74) is 1.15. The molecule has 2 fully saturated rings.